The van der Waals surface area contributed by atoms with Gasteiger partial charge < -0.3 is 20.6 Å². The van der Waals surface area contributed by atoms with E-state index in [9.17, 15) is 18.3 Å². The van der Waals surface area contributed by atoms with Crippen molar-refractivity contribution in [3.8, 4) is 5.75 Å². The van der Waals surface area contributed by atoms with Gasteiger partial charge in [0.1, 0.15) is 11.6 Å². The van der Waals surface area contributed by atoms with Crippen molar-refractivity contribution < 1.29 is 18.3 Å². The lowest BCUT2D eigenvalue weighted by Crippen LogP contribution is -2.25. The first-order chi connectivity index (χ1) is 19.3. The summed E-state index contributed by atoms with van der Waals surface area (Å²) >= 11 is 0. The van der Waals surface area contributed by atoms with E-state index < -0.39 is 16.8 Å². The predicted molar refractivity (Wildman–Crippen MR) is 158 cm³/mol. The fraction of sp³-hybridized carbons (Fsp3) is 0.286. The van der Waals surface area contributed by atoms with E-state index in [1.807, 2.05) is 24.3 Å². The van der Waals surface area contributed by atoms with Crippen molar-refractivity contribution in [2.75, 3.05) is 41.1 Å². The molecule has 0 bridgehead atoms. The molecule has 0 spiro atoms. The Kier molecular flexibility index (Phi) is 9.46. The third-order valence-electron chi connectivity index (χ3n) is 6.37. The number of aryl methyl sites for hydroxylation is 1. The smallest absolute Gasteiger partial charge is 0.259 e. The van der Waals surface area contributed by atoms with Gasteiger partial charge in [-0.25, -0.2) is 12.7 Å². The van der Waals surface area contributed by atoms with Gasteiger partial charge in [0.15, 0.2) is 0 Å². The molecule has 0 atom stereocenters. The summed E-state index contributed by atoms with van der Waals surface area (Å²) in [4.78, 5) is 28.2. The summed E-state index contributed by atoms with van der Waals surface area (Å²) in [6, 6.07) is 16.8. The number of rotatable bonds is 12. The molecule has 0 saturated carbocycles. The van der Waals surface area contributed by atoms with Crippen LogP contribution in [0.1, 0.15) is 36.5 Å². The molecule has 40 heavy (non-hydrogen) atoms. The van der Waals surface area contributed by atoms with Crippen LogP contribution in [-0.2, 0) is 10.9 Å². The Labute approximate surface area is 235 Å². The van der Waals surface area contributed by atoms with E-state index in [4.69, 9.17) is 0 Å². The summed E-state index contributed by atoms with van der Waals surface area (Å²) in [7, 11) is -3.18. The summed E-state index contributed by atoms with van der Waals surface area (Å²) in [5.41, 5.74) is 0.660. The van der Waals surface area contributed by atoms with Gasteiger partial charge in [0.05, 0.1) is 11.3 Å². The Morgan fingerprint density at radius 3 is 2.38 bits per heavy atom. The number of hydrogen-bond donors (Lipinski definition) is 4. The van der Waals surface area contributed by atoms with Crippen molar-refractivity contribution >= 4 is 50.8 Å². The molecule has 0 radical (unpaired) electrons. The zero-order valence-corrected chi connectivity index (χ0v) is 23.6. The number of anilines is 4. The van der Waals surface area contributed by atoms with Crippen LogP contribution >= 0.6 is 0 Å². The van der Waals surface area contributed by atoms with Crippen LogP contribution in [0.15, 0.2) is 60.7 Å². The highest BCUT2D eigenvalue weighted by molar-refractivity contribution is 7.74. The second-order valence-electron chi connectivity index (χ2n) is 9.08. The Bertz CT molecular complexity index is 1570. The molecule has 210 valence electrons. The first-order valence-corrected chi connectivity index (χ1v) is 14.2. The first-order valence-electron chi connectivity index (χ1n) is 13.1. The Morgan fingerprint density at radius 2 is 1.68 bits per heavy atom. The number of aromatic nitrogens is 3. The van der Waals surface area contributed by atoms with Gasteiger partial charge in [-0.15, -0.1) is 0 Å². The Hall–Kier alpha value is -4.29. The van der Waals surface area contributed by atoms with Crippen molar-refractivity contribution in [2.24, 2.45) is 0 Å². The van der Waals surface area contributed by atoms with Crippen LogP contribution < -0.4 is 14.9 Å². The number of benzene rings is 3. The molecule has 0 aliphatic rings. The number of thiol groups is 1. The molecule has 1 heterocycles. The number of fused-ring (bicyclic) bond motifs is 1. The van der Waals surface area contributed by atoms with Crippen molar-refractivity contribution in [3.05, 3.63) is 72.1 Å². The number of amides is 1. The van der Waals surface area contributed by atoms with Gasteiger partial charge in [-0.2, -0.15) is 15.0 Å². The molecular formula is C28H33N7O4S. The maximum Gasteiger partial charge on any atom is 0.259 e. The minimum absolute atomic E-state index is 0.0643. The molecule has 0 unspecified atom stereocenters. The number of phenolic OH excluding ortho intramolecular Hbond substituents is 1. The van der Waals surface area contributed by atoms with Crippen LogP contribution in [0.5, 0.6) is 5.75 Å². The predicted octanol–water partition coefficient (Wildman–Crippen LogP) is 4.10. The second-order valence-corrected chi connectivity index (χ2v) is 9.96. The minimum atomic E-state index is -3.18. The third-order valence-corrected chi connectivity index (χ3v) is 7.11. The van der Waals surface area contributed by atoms with E-state index in [1.54, 1.807) is 31.2 Å². The highest BCUT2D eigenvalue weighted by atomic mass is 32.2. The highest BCUT2D eigenvalue weighted by Gasteiger charge is 2.19. The van der Waals surface area contributed by atoms with E-state index in [2.05, 4.69) is 44.3 Å². The molecule has 0 aliphatic carbocycles. The van der Waals surface area contributed by atoms with E-state index >= 15 is 0 Å². The largest absolute Gasteiger partial charge is 0.507 e. The number of hydrogen-bond acceptors (Lipinski definition) is 9. The molecule has 0 fully saturated rings. The number of carbonyl (C=O) groups is 1. The molecular weight excluding hydrogens is 530 g/mol. The summed E-state index contributed by atoms with van der Waals surface area (Å²) < 4.78 is 25.7. The van der Waals surface area contributed by atoms with Gasteiger partial charge >= 0.3 is 0 Å². The van der Waals surface area contributed by atoms with Crippen LogP contribution in [0.25, 0.3) is 10.8 Å². The molecule has 3 aromatic carbocycles. The normalized spacial score (nSPS) is 11.2. The van der Waals surface area contributed by atoms with E-state index in [0.717, 1.165) is 41.1 Å². The molecule has 3 N–H and O–H groups in total. The zero-order valence-electron chi connectivity index (χ0n) is 22.7. The highest BCUT2D eigenvalue weighted by Crippen LogP contribution is 2.28. The summed E-state index contributed by atoms with van der Waals surface area (Å²) in [5, 5.41) is 17.9. The topological polar surface area (TPSA) is 141 Å². The molecule has 11 nitrogen and oxygen atoms in total. The van der Waals surface area contributed by atoms with E-state index in [0.29, 0.717) is 18.1 Å². The third kappa shape index (κ3) is 7.01. The van der Waals surface area contributed by atoms with E-state index in [1.165, 1.54) is 12.1 Å². The van der Waals surface area contributed by atoms with Crippen LogP contribution in [0.2, 0.25) is 0 Å². The van der Waals surface area contributed by atoms with Crippen molar-refractivity contribution in [3.63, 3.8) is 0 Å². The van der Waals surface area contributed by atoms with Crippen molar-refractivity contribution in [1.82, 2.24) is 19.9 Å². The monoisotopic (exact) mass is 563 g/mol. The van der Waals surface area contributed by atoms with Crippen LogP contribution in [0, 0.1) is 6.92 Å². The second kappa shape index (κ2) is 13.2. The minimum Gasteiger partial charge on any atom is -0.507 e. The average Bonchev–Trinajstić information content (AvgIpc) is 2.92. The van der Waals surface area contributed by atoms with Crippen molar-refractivity contribution in [2.45, 2.75) is 27.2 Å². The first kappa shape index (κ1) is 28.7. The van der Waals surface area contributed by atoms with Gasteiger partial charge in [-0.3, -0.25) is 4.79 Å². The molecule has 4 rings (SSSR count). The maximum atomic E-state index is 13.0. The quantitative estimate of drug-likeness (QED) is 0.148. The van der Waals surface area contributed by atoms with Gasteiger partial charge in [-0.1, -0.05) is 44.2 Å². The zero-order chi connectivity index (χ0) is 28.6. The van der Waals surface area contributed by atoms with Gasteiger partial charge in [0, 0.05) is 12.2 Å². The Balaban J connectivity index is 1.54. The number of carbonyl (C=O) groups excluding carboxylic acids is 1. The molecule has 0 saturated heterocycles. The molecule has 12 heteroatoms. The van der Waals surface area contributed by atoms with Gasteiger partial charge in [0.25, 0.3) is 5.91 Å². The fourth-order valence-corrected chi connectivity index (χ4v) is 4.84. The molecule has 1 aromatic heterocycles. The number of nitrogens with one attached hydrogen (secondary N) is 2. The molecule has 0 aliphatic heterocycles. The number of phenols is 1. The summed E-state index contributed by atoms with van der Waals surface area (Å²) in [6.07, 6.45) is 0.871. The van der Waals surface area contributed by atoms with E-state index in [-0.39, 0.29) is 28.9 Å². The van der Waals surface area contributed by atoms with Crippen LogP contribution in [0.4, 0.5) is 23.3 Å². The number of aromatic hydroxyl groups is 1. The van der Waals surface area contributed by atoms with Crippen LogP contribution in [0.3, 0.4) is 0 Å². The van der Waals surface area contributed by atoms with Gasteiger partial charge in [0.2, 0.25) is 22.8 Å². The SMILES string of the molecule is CCN(CC)CCCNc1nc(C)nc(N(c2cccc(NC(=O)c3cc4ccccc4cc3O)c2)[SH](=O)=O)n1. The van der Waals surface area contributed by atoms with Gasteiger partial charge in [-0.05, 0) is 74.1 Å². The van der Waals surface area contributed by atoms with Crippen LogP contribution in [-0.4, -0.2) is 65.5 Å². The fourth-order valence-electron chi connectivity index (χ4n) is 4.29. The maximum absolute atomic E-state index is 13.0. The standard InChI is InChI=1S/C28H33N7O4S/c1-4-34(5-2)15-9-14-29-27-30-19(3)31-28(33-27)35(40(38)39)23-13-8-12-22(18-23)32-26(37)24-16-20-10-6-7-11-21(20)17-25(24)36/h6-8,10-13,16-18,36,40H,4-5,9,14-15H2,1-3H3,(H,32,37)(H,29,30,31,33). The summed E-state index contributed by atoms with van der Waals surface area (Å²) in [6.45, 7) is 9.38. The number of nitrogens with zero attached hydrogens (tertiary/aromatic N) is 5. The Morgan fingerprint density at radius 1 is 0.950 bits per heavy atom. The molecule has 4 aromatic rings. The average molecular weight is 564 g/mol. The lowest BCUT2D eigenvalue weighted by atomic mass is 10.1. The molecule has 1 amide bonds. The lowest BCUT2D eigenvalue weighted by molar-refractivity contribution is 0.102. The summed E-state index contributed by atoms with van der Waals surface area (Å²) in [5.74, 6) is -0.125. The lowest BCUT2D eigenvalue weighted by Gasteiger charge is -2.19. The van der Waals surface area contributed by atoms with Crippen molar-refractivity contribution in [1.29, 1.82) is 0 Å².